The van der Waals surface area contributed by atoms with E-state index in [1.54, 1.807) is 21.1 Å². The van der Waals surface area contributed by atoms with Crippen LogP contribution in [0.3, 0.4) is 0 Å². The van der Waals surface area contributed by atoms with Crippen LogP contribution in [0, 0.1) is 11.3 Å². The van der Waals surface area contributed by atoms with Crippen molar-refractivity contribution < 1.29 is 23.9 Å². The molecule has 0 aliphatic rings. The number of hydrogen-bond donors (Lipinski definition) is 2. The quantitative estimate of drug-likeness (QED) is 0.665. The SMILES string of the molecule is CCOC(=O)c1sc(N)c(C#N)c1C[NH+](C)Cc1ccc(OC)c(OC)c1. The molecule has 0 aliphatic heterocycles. The number of carbonyl (C=O) groups excluding carboxylic acids is 1. The summed E-state index contributed by atoms with van der Waals surface area (Å²) < 4.78 is 15.7. The van der Waals surface area contributed by atoms with Crippen LogP contribution in [-0.4, -0.2) is 33.8 Å². The summed E-state index contributed by atoms with van der Waals surface area (Å²) in [7, 11) is 5.17. The zero-order valence-electron chi connectivity index (χ0n) is 15.9. The molecule has 0 bridgehead atoms. The molecule has 144 valence electrons. The van der Waals surface area contributed by atoms with Gasteiger partial charge in [0.25, 0.3) is 0 Å². The second-order valence-electron chi connectivity index (χ2n) is 5.98. The highest BCUT2D eigenvalue weighted by Gasteiger charge is 2.25. The van der Waals surface area contributed by atoms with Crippen molar-refractivity contribution in [2.75, 3.05) is 33.6 Å². The smallest absolute Gasteiger partial charge is 0.348 e. The molecule has 0 saturated carbocycles. The predicted molar refractivity (Wildman–Crippen MR) is 103 cm³/mol. The number of benzene rings is 1. The van der Waals surface area contributed by atoms with Gasteiger partial charge in [-0.1, -0.05) is 0 Å². The van der Waals surface area contributed by atoms with Crippen LogP contribution in [0.25, 0.3) is 0 Å². The van der Waals surface area contributed by atoms with Gasteiger partial charge in [-0.15, -0.1) is 11.3 Å². The molecule has 2 rings (SSSR count). The second kappa shape index (κ2) is 9.26. The number of ether oxygens (including phenoxy) is 3. The third-order valence-electron chi connectivity index (χ3n) is 4.04. The van der Waals surface area contributed by atoms with Gasteiger partial charge in [0, 0.05) is 5.56 Å². The maximum Gasteiger partial charge on any atom is 0.348 e. The van der Waals surface area contributed by atoms with E-state index in [0.717, 1.165) is 21.8 Å². The largest absolute Gasteiger partial charge is 0.493 e. The molecular weight excluding hydrogens is 366 g/mol. The lowest BCUT2D eigenvalue weighted by Gasteiger charge is -2.16. The van der Waals surface area contributed by atoms with Crippen LogP contribution in [0.5, 0.6) is 11.5 Å². The van der Waals surface area contributed by atoms with E-state index in [-0.39, 0.29) is 6.61 Å². The third-order valence-corrected chi connectivity index (χ3v) is 5.08. The van der Waals surface area contributed by atoms with Gasteiger partial charge in [0.2, 0.25) is 0 Å². The lowest BCUT2D eigenvalue weighted by molar-refractivity contribution is -0.907. The summed E-state index contributed by atoms with van der Waals surface area (Å²) in [6, 6.07) is 7.85. The first kappa shape index (κ1) is 20.6. The molecule has 0 radical (unpaired) electrons. The minimum absolute atomic E-state index is 0.270. The first-order valence-electron chi connectivity index (χ1n) is 8.45. The molecule has 0 spiro atoms. The van der Waals surface area contributed by atoms with Crippen LogP contribution in [0.4, 0.5) is 5.00 Å². The molecule has 1 aromatic heterocycles. The number of methoxy groups -OCH3 is 2. The average Bonchev–Trinajstić information content (AvgIpc) is 2.96. The minimum atomic E-state index is -0.440. The second-order valence-corrected chi connectivity index (χ2v) is 7.03. The molecular formula is C19H24N3O4S+. The summed E-state index contributed by atoms with van der Waals surface area (Å²) in [6.07, 6.45) is 0. The van der Waals surface area contributed by atoms with E-state index in [1.807, 2.05) is 25.2 Å². The Bertz CT molecular complexity index is 857. The number of nitrogens with two attached hydrogens (primary N) is 1. The fourth-order valence-electron chi connectivity index (χ4n) is 2.84. The fraction of sp³-hybridized carbons (Fsp3) is 0.368. The number of hydrogen-bond acceptors (Lipinski definition) is 7. The standard InChI is InChI=1S/C19H23N3O4S/c1-5-26-19(23)17-14(13(9-20)18(21)27-17)11-22(2)10-12-6-7-15(24-3)16(8-12)25-4/h6-8H,5,10-11,21H2,1-4H3/p+1. The number of rotatable bonds is 8. The third kappa shape index (κ3) is 4.70. The molecule has 2 aromatic rings. The van der Waals surface area contributed by atoms with Gasteiger partial charge >= 0.3 is 5.97 Å². The van der Waals surface area contributed by atoms with Gasteiger partial charge in [0.05, 0.1) is 39.0 Å². The number of nitrogen functional groups attached to an aromatic ring is 1. The van der Waals surface area contributed by atoms with Crippen molar-refractivity contribution in [3.63, 3.8) is 0 Å². The summed E-state index contributed by atoms with van der Waals surface area (Å²) in [6.45, 7) is 3.16. The van der Waals surface area contributed by atoms with Crippen molar-refractivity contribution in [2.45, 2.75) is 20.0 Å². The summed E-state index contributed by atoms with van der Waals surface area (Å²) in [5.74, 6) is 0.887. The summed E-state index contributed by atoms with van der Waals surface area (Å²) in [4.78, 5) is 13.7. The monoisotopic (exact) mass is 390 g/mol. The Hall–Kier alpha value is -2.76. The molecule has 0 aliphatic carbocycles. The van der Waals surface area contributed by atoms with E-state index in [1.165, 1.54) is 0 Å². The molecule has 3 N–H and O–H groups in total. The Balaban J connectivity index is 2.24. The van der Waals surface area contributed by atoms with Gasteiger partial charge in [-0.05, 0) is 25.1 Å². The Morgan fingerprint density at radius 3 is 2.56 bits per heavy atom. The molecule has 1 atom stereocenters. The first-order valence-corrected chi connectivity index (χ1v) is 9.27. The Morgan fingerprint density at radius 1 is 1.26 bits per heavy atom. The number of nitrogens with one attached hydrogen (secondary N) is 1. The maximum atomic E-state index is 12.2. The molecule has 8 heteroatoms. The van der Waals surface area contributed by atoms with Crippen LogP contribution in [0.1, 0.15) is 33.3 Å². The topological polar surface area (TPSA) is 99.0 Å². The first-order chi connectivity index (χ1) is 12.9. The summed E-state index contributed by atoms with van der Waals surface area (Å²) >= 11 is 1.10. The van der Waals surface area contributed by atoms with Gasteiger partial charge in [-0.2, -0.15) is 5.26 Å². The van der Waals surface area contributed by atoms with Crippen molar-refractivity contribution in [2.24, 2.45) is 0 Å². The molecule has 0 saturated heterocycles. The highest BCUT2D eigenvalue weighted by molar-refractivity contribution is 7.18. The molecule has 0 amide bonds. The van der Waals surface area contributed by atoms with E-state index in [0.29, 0.717) is 45.6 Å². The minimum Gasteiger partial charge on any atom is -0.493 e. The summed E-state index contributed by atoms with van der Waals surface area (Å²) in [5, 5.41) is 9.78. The Kier molecular flexibility index (Phi) is 7.05. The van der Waals surface area contributed by atoms with Gasteiger partial charge < -0.3 is 24.8 Å². The van der Waals surface area contributed by atoms with Crippen LogP contribution in [-0.2, 0) is 17.8 Å². The number of nitrogens with zero attached hydrogens (tertiary/aromatic N) is 1. The summed E-state index contributed by atoms with van der Waals surface area (Å²) in [5.41, 5.74) is 7.97. The van der Waals surface area contributed by atoms with Crippen molar-refractivity contribution >= 4 is 22.3 Å². The Labute approximate surface area is 162 Å². The lowest BCUT2D eigenvalue weighted by atomic mass is 10.1. The van der Waals surface area contributed by atoms with E-state index < -0.39 is 5.97 Å². The molecule has 1 aromatic carbocycles. The molecule has 1 unspecified atom stereocenters. The van der Waals surface area contributed by atoms with Crippen LogP contribution in [0.2, 0.25) is 0 Å². The number of quaternary nitrogens is 1. The molecule has 1 heterocycles. The van der Waals surface area contributed by atoms with Gasteiger partial charge in [0.1, 0.15) is 29.0 Å². The zero-order chi connectivity index (χ0) is 20.0. The van der Waals surface area contributed by atoms with E-state index in [2.05, 4.69) is 6.07 Å². The van der Waals surface area contributed by atoms with Gasteiger partial charge in [0.15, 0.2) is 11.5 Å². The van der Waals surface area contributed by atoms with E-state index in [4.69, 9.17) is 19.9 Å². The number of nitriles is 1. The van der Waals surface area contributed by atoms with Gasteiger partial charge in [-0.25, -0.2) is 4.79 Å². The van der Waals surface area contributed by atoms with Crippen molar-refractivity contribution in [3.05, 3.63) is 39.8 Å². The van der Waals surface area contributed by atoms with Crippen molar-refractivity contribution in [1.82, 2.24) is 0 Å². The molecule has 0 fully saturated rings. The normalized spacial score (nSPS) is 11.5. The van der Waals surface area contributed by atoms with Crippen LogP contribution >= 0.6 is 11.3 Å². The van der Waals surface area contributed by atoms with E-state index in [9.17, 15) is 10.1 Å². The molecule has 7 nitrogen and oxygen atoms in total. The van der Waals surface area contributed by atoms with Crippen LogP contribution < -0.4 is 20.1 Å². The Morgan fingerprint density at radius 2 is 1.96 bits per heavy atom. The average molecular weight is 390 g/mol. The number of carbonyl (C=O) groups is 1. The number of thiophene rings is 1. The molecule has 27 heavy (non-hydrogen) atoms. The van der Waals surface area contributed by atoms with Gasteiger partial charge in [-0.3, -0.25) is 0 Å². The number of esters is 1. The predicted octanol–water partition coefficient (Wildman–Crippen LogP) is 1.61. The van der Waals surface area contributed by atoms with Crippen LogP contribution in [0.15, 0.2) is 18.2 Å². The van der Waals surface area contributed by atoms with E-state index >= 15 is 0 Å². The van der Waals surface area contributed by atoms with Crippen molar-refractivity contribution in [3.8, 4) is 17.6 Å². The lowest BCUT2D eigenvalue weighted by Crippen LogP contribution is -3.06. The van der Waals surface area contributed by atoms with Crippen molar-refractivity contribution in [1.29, 1.82) is 5.26 Å². The highest BCUT2D eigenvalue weighted by Crippen LogP contribution is 2.31. The number of anilines is 1. The highest BCUT2D eigenvalue weighted by atomic mass is 32.1. The maximum absolute atomic E-state index is 12.2. The zero-order valence-corrected chi connectivity index (χ0v) is 16.7. The fourth-order valence-corrected chi connectivity index (χ4v) is 3.77.